The first-order chi connectivity index (χ1) is 17.6. The summed E-state index contributed by atoms with van der Waals surface area (Å²) in [4.78, 5) is 36.3. The highest BCUT2D eigenvalue weighted by atomic mass is 35.5. The van der Waals surface area contributed by atoms with E-state index in [9.17, 15) is 9.59 Å². The third-order valence-electron chi connectivity index (χ3n) is 7.62. The third-order valence-corrected chi connectivity index (χ3v) is 7.62. The van der Waals surface area contributed by atoms with Crippen LogP contribution in [0, 0.1) is 0 Å². The first-order valence-electron chi connectivity index (χ1n) is 12.6. The number of carbonyl (C=O) groups excluding carboxylic acids is 2. The van der Waals surface area contributed by atoms with Crippen molar-refractivity contribution in [2.24, 2.45) is 0 Å². The Morgan fingerprint density at radius 2 is 1.81 bits per heavy atom. The molecule has 2 aromatic carbocycles. The third kappa shape index (κ3) is 4.65. The smallest absolute Gasteiger partial charge is 0.237 e. The van der Waals surface area contributed by atoms with E-state index in [2.05, 4.69) is 39.3 Å². The second kappa shape index (κ2) is 10.4. The number of halogens is 1. The van der Waals surface area contributed by atoms with Gasteiger partial charge < -0.3 is 14.7 Å². The molecule has 2 aliphatic heterocycles. The Kier molecular flexibility index (Phi) is 7.09. The molecule has 0 saturated carbocycles. The van der Waals surface area contributed by atoms with Gasteiger partial charge in [-0.25, -0.2) is 0 Å². The number of nitrogens with one attached hydrogen (secondary N) is 2. The van der Waals surface area contributed by atoms with Gasteiger partial charge >= 0.3 is 0 Å². The molecule has 2 aliphatic rings. The van der Waals surface area contributed by atoms with Gasteiger partial charge in [0.2, 0.25) is 11.8 Å². The summed E-state index contributed by atoms with van der Waals surface area (Å²) in [5.74, 6) is 0.342. The minimum absolute atomic E-state index is 0. The van der Waals surface area contributed by atoms with Crippen LogP contribution in [0.5, 0.6) is 5.75 Å². The number of imide groups is 1. The molecule has 8 heteroatoms. The zero-order valence-electron chi connectivity index (χ0n) is 20.8. The Morgan fingerprint density at radius 1 is 1.00 bits per heavy atom. The molecule has 4 heterocycles. The molecule has 0 radical (unpaired) electrons. The minimum Gasteiger partial charge on any atom is -0.497 e. The molecule has 1 atom stereocenters. The summed E-state index contributed by atoms with van der Waals surface area (Å²) in [6.45, 7) is 3.17. The van der Waals surface area contributed by atoms with Gasteiger partial charge in [-0.15, -0.1) is 12.4 Å². The van der Waals surface area contributed by atoms with E-state index in [1.807, 2.05) is 36.5 Å². The number of aromatic nitrogens is 2. The summed E-state index contributed by atoms with van der Waals surface area (Å²) < 4.78 is 5.40. The fourth-order valence-corrected chi connectivity index (χ4v) is 5.65. The van der Waals surface area contributed by atoms with E-state index in [1.165, 1.54) is 21.4 Å². The Bertz CT molecular complexity index is 1490. The maximum Gasteiger partial charge on any atom is 0.237 e. The van der Waals surface area contributed by atoms with Crippen molar-refractivity contribution in [3.8, 4) is 5.75 Å². The number of ether oxygens (including phenoxy) is 1. The van der Waals surface area contributed by atoms with Crippen molar-refractivity contribution >= 4 is 51.6 Å². The van der Waals surface area contributed by atoms with Crippen LogP contribution in [0.2, 0.25) is 0 Å². The van der Waals surface area contributed by atoms with E-state index in [-0.39, 0.29) is 36.6 Å². The predicted molar refractivity (Wildman–Crippen MR) is 148 cm³/mol. The van der Waals surface area contributed by atoms with Gasteiger partial charge in [0.25, 0.3) is 0 Å². The quantitative estimate of drug-likeness (QED) is 0.333. The highest BCUT2D eigenvalue weighted by Crippen LogP contribution is 2.35. The number of amides is 2. The number of methoxy groups -OCH3 is 1. The first-order valence-corrected chi connectivity index (χ1v) is 12.6. The molecule has 37 heavy (non-hydrogen) atoms. The summed E-state index contributed by atoms with van der Waals surface area (Å²) >= 11 is 0. The number of hydrogen-bond donors (Lipinski definition) is 2. The monoisotopic (exact) mass is 518 g/mol. The molecule has 0 aliphatic carbocycles. The summed E-state index contributed by atoms with van der Waals surface area (Å²) in [6.07, 6.45) is 8.27. The Morgan fingerprint density at radius 3 is 2.62 bits per heavy atom. The van der Waals surface area contributed by atoms with Crippen LogP contribution in [0.1, 0.15) is 36.3 Å². The van der Waals surface area contributed by atoms with E-state index in [1.54, 1.807) is 7.11 Å². The van der Waals surface area contributed by atoms with Crippen molar-refractivity contribution in [2.45, 2.75) is 25.2 Å². The molecule has 2 aromatic heterocycles. The second-order valence-electron chi connectivity index (χ2n) is 9.68. The lowest BCUT2D eigenvalue weighted by molar-refractivity contribution is -0.138. The largest absolute Gasteiger partial charge is 0.497 e. The Hall–Kier alpha value is -3.55. The van der Waals surface area contributed by atoms with Crippen LogP contribution in [0.3, 0.4) is 0 Å². The predicted octanol–water partition coefficient (Wildman–Crippen LogP) is 5.10. The first kappa shape index (κ1) is 25.1. The molecule has 192 valence electrons. The zero-order chi connectivity index (χ0) is 24.6. The second-order valence-corrected chi connectivity index (χ2v) is 9.68. The number of nitrogens with zero attached hydrogens (tertiary/aromatic N) is 2. The maximum absolute atomic E-state index is 13.1. The van der Waals surface area contributed by atoms with Crippen molar-refractivity contribution in [3.05, 3.63) is 72.1 Å². The number of H-pyrrole nitrogens is 2. The van der Waals surface area contributed by atoms with Crippen molar-refractivity contribution in [1.82, 2.24) is 19.8 Å². The van der Waals surface area contributed by atoms with Gasteiger partial charge in [-0.05, 0) is 48.2 Å². The van der Waals surface area contributed by atoms with Gasteiger partial charge in [0.05, 0.1) is 13.0 Å². The standard InChI is InChI=1S/C29H30N4O3.ClH/c1-36-20-7-8-27-22(15-20)24(17-30-27)19-9-13-32(14-10-19)11-4-12-33-28(34)16-23(29(33)35)25-18-31-26-6-3-2-5-21(25)26;/h2-3,5-9,15,17-18,23,30-31H,4,10-14,16H2,1H3;1H. The van der Waals surface area contributed by atoms with Crippen LogP contribution in [0.15, 0.2) is 60.9 Å². The molecule has 2 amide bonds. The molecular weight excluding hydrogens is 488 g/mol. The molecule has 1 saturated heterocycles. The lowest BCUT2D eigenvalue weighted by Crippen LogP contribution is -2.35. The van der Waals surface area contributed by atoms with Crippen molar-refractivity contribution in [3.63, 3.8) is 0 Å². The normalized spacial score (nSPS) is 18.5. The van der Waals surface area contributed by atoms with E-state index in [0.717, 1.165) is 60.2 Å². The lowest BCUT2D eigenvalue weighted by Gasteiger charge is -2.27. The van der Waals surface area contributed by atoms with Crippen molar-refractivity contribution in [2.75, 3.05) is 33.3 Å². The van der Waals surface area contributed by atoms with Crippen LogP contribution in [-0.2, 0) is 9.59 Å². The average molecular weight is 519 g/mol. The fourth-order valence-electron chi connectivity index (χ4n) is 5.65. The molecule has 0 spiro atoms. The maximum atomic E-state index is 13.1. The van der Waals surface area contributed by atoms with Gasteiger partial charge in [0.15, 0.2) is 0 Å². The molecular formula is C29H31ClN4O3. The molecule has 7 nitrogen and oxygen atoms in total. The summed E-state index contributed by atoms with van der Waals surface area (Å²) in [6, 6.07) is 14.0. The number of fused-ring (bicyclic) bond motifs is 2. The number of para-hydroxylation sites is 1. The number of rotatable bonds is 7. The Labute approximate surface area is 221 Å². The van der Waals surface area contributed by atoms with E-state index in [0.29, 0.717) is 6.54 Å². The van der Waals surface area contributed by atoms with E-state index >= 15 is 0 Å². The van der Waals surface area contributed by atoms with Crippen molar-refractivity contribution < 1.29 is 14.3 Å². The van der Waals surface area contributed by atoms with Crippen LogP contribution in [0.25, 0.3) is 27.4 Å². The fraction of sp³-hybridized carbons (Fsp3) is 0.310. The highest BCUT2D eigenvalue weighted by Gasteiger charge is 2.40. The van der Waals surface area contributed by atoms with Gasteiger partial charge in [0.1, 0.15) is 5.75 Å². The van der Waals surface area contributed by atoms with E-state index in [4.69, 9.17) is 4.74 Å². The average Bonchev–Trinajstić information content (AvgIpc) is 3.60. The number of aromatic amines is 2. The van der Waals surface area contributed by atoms with Crippen LogP contribution in [0.4, 0.5) is 0 Å². The molecule has 0 bridgehead atoms. The zero-order valence-corrected chi connectivity index (χ0v) is 21.6. The number of benzene rings is 2. The number of carbonyl (C=O) groups is 2. The van der Waals surface area contributed by atoms with E-state index < -0.39 is 0 Å². The van der Waals surface area contributed by atoms with Crippen LogP contribution < -0.4 is 4.74 Å². The van der Waals surface area contributed by atoms with Gasteiger partial charge in [-0.3, -0.25) is 19.4 Å². The van der Waals surface area contributed by atoms with Crippen LogP contribution >= 0.6 is 12.4 Å². The summed E-state index contributed by atoms with van der Waals surface area (Å²) in [5.41, 5.74) is 5.61. The molecule has 2 N–H and O–H groups in total. The number of likely N-dealkylation sites (tertiary alicyclic amines) is 1. The van der Waals surface area contributed by atoms with Gasteiger partial charge in [-0.2, -0.15) is 0 Å². The molecule has 1 fully saturated rings. The minimum atomic E-state index is -0.385. The topological polar surface area (TPSA) is 81.4 Å². The molecule has 6 rings (SSSR count). The van der Waals surface area contributed by atoms with Gasteiger partial charge in [0, 0.05) is 72.4 Å². The van der Waals surface area contributed by atoms with Crippen molar-refractivity contribution in [1.29, 1.82) is 0 Å². The Balaban J connectivity index is 0.00000280. The number of hydrogen-bond acceptors (Lipinski definition) is 4. The van der Waals surface area contributed by atoms with Gasteiger partial charge in [-0.1, -0.05) is 24.3 Å². The molecule has 4 aromatic rings. The lowest BCUT2D eigenvalue weighted by atomic mass is 9.97. The highest BCUT2D eigenvalue weighted by molar-refractivity contribution is 6.08. The SMILES string of the molecule is COc1ccc2[nH]cc(C3=CCN(CCCN4C(=O)CC(c5c[nH]c6ccccc56)C4=O)CC3)c2c1.Cl. The summed E-state index contributed by atoms with van der Waals surface area (Å²) in [7, 11) is 1.69. The van der Waals surface area contributed by atoms with Crippen LogP contribution in [-0.4, -0.2) is 64.9 Å². The summed E-state index contributed by atoms with van der Waals surface area (Å²) in [5, 5.41) is 2.21. The molecule has 1 unspecified atom stereocenters.